The van der Waals surface area contributed by atoms with Gasteiger partial charge in [0, 0.05) is 33.2 Å². The first-order valence-electron chi connectivity index (χ1n) is 16.6. The number of nitrogens with zero attached hydrogens (tertiary/aromatic N) is 5. The molecule has 0 unspecified atom stereocenters. The molecule has 0 aliphatic heterocycles. The number of aromatic nitrogens is 5. The molecule has 3 heterocycles. The Morgan fingerprint density at radius 1 is 0.440 bits per heavy atom. The third-order valence-corrected chi connectivity index (χ3v) is 9.26. The fraction of sp³-hybridized carbons (Fsp3) is 0. The van der Waals surface area contributed by atoms with E-state index < -0.39 is 0 Å². The number of fused-ring (bicyclic) bond motifs is 5. The molecule has 7 aromatic carbocycles. The van der Waals surface area contributed by atoms with Crippen LogP contribution >= 0.6 is 0 Å². The summed E-state index contributed by atoms with van der Waals surface area (Å²) in [5, 5.41) is 4.51. The highest BCUT2D eigenvalue weighted by Gasteiger charge is 2.20. The van der Waals surface area contributed by atoms with Crippen LogP contribution in [0.15, 0.2) is 168 Å². The Bertz CT molecular complexity index is 2780. The molecule has 10 rings (SSSR count). The van der Waals surface area contributed by atoms with E-state index in [0.29, 0.717) is 23.4 Å². The van der Waals surface area contributed by atoms with Gasteiger partial charge in [0.15, 0.2) is 23.1 Å². The van der Waals surface area contributed by atoms with Gasteiger partial charge in [0.25, 0.3) is 0 Å². The second-order valence-electron chi connectivity index (χ2n) is 12.3. The Morgan fingerprint density at radius 2 is 1.08 bits per heavy atom. The van der Waals surface area contributed by atoms with Crippen LogP contribution in [-0.2, 0) is 0 Å². The van der Waals surface area contributed by atoms with Crippen LogP contribution in [0.25, 0.3) is 95.0 Å². The smallest absolute Gasteiger partial charge is 0.229 e. The molecule has 0 bridgehead atoms. The Balaban J connectivity index is 1.17. The molecule has 10 aromatic rings. The fourth-order valence-electron chi connectivity index (χ4n) is 6.90. The third kappa shape index (κ3) is 4.65. The minimum absolute atomic E-state index is 0.599. The number of hydrogen-bond acceptors (Lipinski definition) is 5. The van der Waals surface area contributed by atoms with Crippen molar-refractivity contribution < 1.29 is 4.42 Å². The van der Waals surface area contributed by atoms with E-state index in [-0.39, 0.29) is 0 Å². The summed E-state index contributed by atoms with van der Waals surface area (Å²) >= 11 is 0. The van der Waals surface area contributed by atoms with Crippen molar-refractivity contribution in [1.29, 1.82) is 0 Å². The molecule has 0 saturated heterocycles. The maximum Gasteiger partial charge on any atom is 0.229 e. The van der Waals surface area contributed by atoms with E-state index in [1.54, 1.807) is 0 Å². The number of oxazole rings is 1. The molecule has 0 aliphatic carbocycles. The zero-order valence-electron chi connectivity index (χ0n) is 26.7. The van der Waals surface area contributed by atoms with Gasteiger partial charge in [-0.15, -0.1) is 0 Å². The molecule has 6 nitrogen and oxygen atoms in total. The predicted molar refractivity (Wildman–Crippen MR) is 201 cm³/mol. The average Bonchev–Trinajstić information content (AvgIpc) is 3.78. The Labute approximate surface area is 287 Å². The molecule has 3 aromatic heterocycles. The summed E-state index contributed by atoms with van der Waals surface area (Å²) in [6.45, 7) is 0. The summed E-state index contributed by atoms with van der Waals surface area (Å²) in [7, 11) is 0. The van der Waals surface area contributed by atoms with E-state index in [1.807, 2.05) is 84.9 Å². The van der Waals surface area contributed by atoms with Crippen LogP contribution in [0, 0.1) is 0 Å². The van der Waals surface area contributed by atoms with Gasteiger partial charge in [-0.2, -0.15) is 0 Å². The molecule has 0 fully saturated rings. The van der Waals surface area contributed by atoms with Crippen molar-refractivity contribution in [2.45, 2.75) is 0 Å². The summed E-state index contributed by atoms with van der Waals surface area (Å²) in [6.07, 6.45) is 0. The third-order valence-electron chi connectivity index (χ3n) is 9.26. The van der Waals surface area contributed by atoms with Crippen LogP contribution in [0.2, 0.25) is 0 Å². The SMILES string of the molecule is c1ccc(-c2nc(-c3ccccc3)nc(-c3ccc4ccc(-n5c6ccccc6c6cccc(-c7nc8ccccc8o7)c65)cc4c3)n2)cc1. The van der Waals surface area contributed by atoms with Crippen LogP contribution in [0.3, 0.4) is 0 Å². The van der Waals surface area contributed by atoms with Crippen LogP contribution in [0.1, 0.15) is 0 Å². The summed E-state index contributed by atoms with van der Waals surface area (Å²) in [4.78, 5) is 19.7. The fourth-order valence-corrected chi connectivity index (χ4v) is 6.90. The van der Waals surface area contributed by atoms with Crippen molar-refractivity contribution in [2.75, 3.05) is 0 Å². The topological polar surface area (TPSA) is 69.6 Å². The monoisotopic (exact) mass is 641 g/mol. The van der Waals surface area contributed by atoms with Gasteiger partial charge in [-0.1, -0.05) is 121 Å². The van der Waals surface area contributed by atoms with Gasteiger partial charge >= 0.3 is 0 Å². The Morgan fingerprint density at radius 3 is 1.84 bits per heavy atom. The zero-order valence-corrected chi connectivity index (χ0v) is 26.7. The second kappa shape index (κ2) is 11.4. The van der Waals surface area contributed by atoms with E-state index >= 15 is 0 Å². The molecular weight excluding hydrogens is 615 g/mol. The first-order valence-corrected chi connectivity index (χ1v) is 16.6. The zero-order chi connectivity index (χ0) is 33.0. The molecule has 234 valence electrons. The standard InChI is InChI=1S/C44H27N5O/c1-3-12-29(13-4-1)41-46-42(30-14-5-2-6-15-30)48-43(47-41)31-23-22-28-24-25-33(27-32(28)26-31)49-38-20-9-7-16-34(38)35-17-11-18-36(40(35)49)44-45-37-19-8-10-21-39(37)50-44/h1-27H. The lowest BCUT2D eigenvalue weighted by atomic mass is 10.0. The molecule has 0 amide bonds. The minimum Gasteiger partial charge on any atom is -0.436 e. The van der Waals surface area contributed by atoms with Crippen LogP contribution in [-0.4, -0.2) is 24.5 Å². The highest BCUT2D eigenvalue weighted by molar-refractivity contribution is 6.13. The molecule has 0 aliphatic rings. The van der Waals surface area contributed by atoms with Crippen molar-refractivity contribution in [3.8, 4) is 51.3 Å². The molecule has 0 spiro atoms. The lowest BCUT2D eigenvalue weighted by Crippen LogP contribution is -2.00. The van der Waals surface area contributed by atoms with E-state index in [9.17, 15) is 0 Å². The van der Waals surface area contributed by atoms with Gasteiger partial charge in [0.2, 0.25) is 5.89 Å². The normalized spacial score (nSPS) is 11.6. The van der Waals surface area contributed by atoms with E-state index in [4.69, 9.17) is 24.4 Å². The lowest BCUT2D eigenvalue weighted by molar-refractivity contribution is 0.620. The van der Waals surface area contributed by atoms with Crippen LogP contribution in [0.4, 0.5) is 0 Å². The molecule has 0 radical (unpaired) electrons. The van der Waals surface area contributed by atoms with Crippen molar-refractivity contribution in [3.63, 3.8) is 0 Å². The highest BCUT2D eigenvalue weighted by Crippen LogP contribution is 2.39. The van der Waals surface area contributed by atoms with Crippen LogP contribution < -0.4 is 0 Å². The maximum absolute atomic E-state index is 6.32. The van der Waals surface area contributed by atoms with Crippen molar-refractivity contribution >= 4 is 43.7 Å². The highest BCUT2D eigenvalue weighted by atomic mass is 16.3. The van der Waals surface area contributed by atoms with Gasteiger partial charge in [-0.05, 0) is 53.2 Å². The second-order valence-corrected chi connectivity index (χ2v) is 12.3. The van der Waals surface area contributed by atoms with E-state index in [0.717, 1.165) is 66.2 Å². The first kappa shape index (κ1) is 28.1. The average molecular weight is 642 g/mol. The molecule has 0 N–H and O–H groups in total. The molecule has 0 saturated carbocycles. The summed E-state index contributed by atoms with van der Waals surface area (Å²) in [5.74, 6) is 2.50. The largest absolute Gasteiger partial charge is 0.436 e. The maximum atomic E-state index is 6.32. The Hall–Kier alpha value is -6.92. The first-order chi connectivity index (χ1) is 24.8. The molecule has 50 heavy (non-hydrogen) atoms. The van der Waals surface area contributed by atoms with Crippen LogP contribution in [0.5, 0.6) is 0 Å². The molecular formula is C44H27N5O. The van der Waals surface area contributed by atoms with Gasteiger partial charge in [-0.25, -0.2) is 19.9 Å². The molecule has 6 heteroatoms. The number of hydrogen-bond donors (Lipinski definition) is 0. The molecule has 0 atom stereocenters. The van der Waals surface area contributed by atoms with Gasteiger partial charge in [-0.3, -0.25) is 0 Å². The van der Waals surface area contributed by atoms with E-state index in [2.05, 4.69) is 83.4 Å². The summed E-state index contributed by atoms with van der Waals surface area (Å²) < 4.78 is 8.65. The van der Waals surface area contributed by atoms with Gasteiger partial charge in [0.05, 0.1) is 16.6 Å². The summed E-state index contributed by atoms with van der Waals surface area (Å²) in [5.41, 5.74) is 8.54. The number of benzene rings is 7. The number of para-hydroxylation sites is 4. The predicted octanol–water partition coefficient (Wildman–Crippen LogP) is 10.9. The lowest BCUT2D eigenvalue weighted by Gasteiger charge is -2.12. The number of rotatable bonds is 5. The van der Waals surface area contributed by atoms with Crippen molar-refractivity contribution in [1.82, 2.24) is 24.5 Å². The quantitative estimate of drug-likeness (QED) is 0.187. The van der Waals surface area contributed by atoms with Gasteiger partial charge in [0.1, 0.15) is 5.52 Å². The van der Waals surface area contributed by atoms with Crippen molar-refractivity contribution in [2.24, 2.45) is 0 Å². The van der Waals surface area contributed by atoms with E-state index in [1.165, 1.54) is 5.39 Å². The minimum atomic E-state index is 0.599. The summed E-state index contributed by atoms with van der Waals surface area (Å²) in [6, 6.07) is 55.9. The van der Waals surface area contributed by atoms with Crippen molar-refractivity contribution in [3.05, 3.63) is 164 Å². The van der Waals surface area contributed by atoms with Gasteiger partial charge < -0.3 is 8.98 Å². The Kier molecular flexibility index (Phi) is 6.39.